The van der Waals surface area contributed by atoms with Crippen LogP contribution < -0.4 is 5.73 Å². The normalized spacial score (nSPS) is 14.6. The maximum absolute atomic E-state index is 10.5. The average molecular weight is 212 g/mol. The number of hydrogen-bond acceptors (Lipinski definition) is 5. The molecule has 2 atom stereocenters. The van der Waals surface area contributed by atoms with Gasteiger partial charge < -0.3 is 15.9 Å². The molecule has 0 aromatic heterocycles. The summed E-state index contributed by atoms with van der Waals surface area (Å²) in [6, 6.07) is 4.70. The van der Waals surface area contributed by atoms with Crippen LogP contribution >= 0.6 is 0 Å². The summed E-state index contributed by atoms with van der Waals surface area (Å²) in [5, 5.41) is 28.8. The van der Waals surface area contributed by atoms with Crippen LogP contribution in [0.5, 0.6) is 0 Å². The number of aliphatic hydroxyl groups is 2. The lowest BCUT2D eigenvalue weighted by atomic mass is 10.0. The van der Waals surface area contributed by atoms with Crippen molar-refractivity contribution in [1.82, 2.24) is 0 Å². The third-order valence-electron chi connectivity index (χ3n) is 2.04. The summed E-state index contributed by atoms with van der Waals surface area (Å²) in [6.07, 6.45) is -1.10. The van der Waals surface area contributed by atoms with Crippen LogP contribution in [0.4, 0.5) is 5.69 Å². The molecule has 0 fully saturated rings. The van der Waals surface area contributed by atoms with E-state index in [0.717, 1.165) is 0 Å². The Morgan fingerprint density at radius 3 is 2.73 bits per heavy atom. The van der Waals surface area contributed by atoms with E-state index in [1.165, 1.54) is 24.3 Å². The molecular formula is C9H12N2O4. The standard InChI is InChI=1S/C9H12N2O4/c10-8(5-12)9(13)6-2-1-3-7(4-6)11(14)15/h1-4,8-9,12-13H,5,10H2/t8-,9-/m0/s1. The number of nitro benzene ring substituents is 1. The number of non-ortho nitro benzene ring substituents is 1. The molecule has 0 heterocycles. The van der Waals surface area contributed by atoms with Gasteiger partial charge in [0.05, 0.1) is 23.7 Å². The number of aliphatic hydroxyl groups excluding tert-OH is 2. The lowest BCUT2D eigenvalue weighted by Crippen LogP contribution is -2.31. The Hall–Kier alpha value is -1.50. The Labute approximate surface area is 86.1 Å². The molecule has 6 heteroatoms. The first-order chi connectivity index (χ1) is 7.06. The fraction of sp³-hybridized carbons (Fsp3) is 0.333. The molecule has 1 aromatic carbocycles. The fourth-order valence-corrected chi connectivity index (χ4v) is 1.17. The van der Waals surface area contributed by atoms with Gasteiger partial charge in [-0.3, -0.25) is 10.1 Å². The summed E-state index contributed by atoms with van der Waals surface area (Å²) < 4.78 is 0. The van der Waals surface area contributed by atoms with Gasteiger partial charge in [0.2, 0.25) is 0 Å². The number of hydrogen-bond donors (Lipinski definition) is 3. The van der Waals surface area contributed by atoms with Gasteiger partial charge in [0, 0.05) is 12.1 Å². The van der Waals surface area contributed by atoms with E-state index in [0.29, 0.717) is 5.56 Å². The molecule has 0 saturated heterocycles. The largest absolute Gasteiger partial charge is 0.395 e. The van der Waals surface area contributed by atoms with E-state index in [-0.39, 0.29) is 12.3 Å². The first-order valence-electron chi connectivity index (χ1n) is 4.35. The summed E-state index contributed by atoms with van der Waals surface area (Å²) in [7, 11) is 0. The van der Waals surface area contributed by atoms with Gasteiger partial charge in [-0.2, -0.15) is 0 Å². The molecule has 0 unspecified atom stereocenters. The average Bonchev–Trinajstić information content (AvgIpc) is 2.27. The van der Waals surface area contributed by atoms with Gasteiger partial charge in [-0.1, -0.05) is 12.1 Å². The number of rotatable bonds is 4. The molecule has 1 rings (SSSR count). The molecule has 0 amide bonds. The van der Waals surface area contributed by atoms with Crippen LogP contribution in [0.25, 0.3) is 0 Å². The van der Waals surface area contributed by atoms with E-state index in [2.05, 4.69) is 0 Å². The summed E-state index contributed by atoms with van der Waals surface area (Å²) in [5.74, 6) is 0. The number of nitro groups is 1. The van der Waals surface area contributed by atoms with E-state index in [1.807, 2.05) is 0 Å². The quantitative estimate of drug-likeness (QED) is 0.478. The lowest BCUT2D eigenvalue weighted by molar-refractivity contribution is -0.385. The van der Waals surface area contributed by atoms with Gasteiger partial charge in [0.15, 0.2) is 0 Å². The summed E-state index contributed by atoms with van der Waals surface area (Å²) >= 11 is 0. The van der Waals surface area contributed by atoms with Crippen molar-refractivity contribution < 1.29 is 15.1 Å². The molecule has 0 aliphatic rings. The second-order valence-electron chi connectivity index (χ2n) is 3.14. The van der Waals surface area contributed by atoms with Crippen molar-refractivity contribution in [1.29, 1.82) is 0 Å². The van der Waals surface area contributed by atoms with Crippen molar-refractivity contribution in [3.05, 3.63) is 39.9 Å². The minimum absolute atomic E-state index is 0.114. The third-order valence-corrected chi connectivity index (χ3v) is 2.04. The highest BCUT2D eigenvalue weighted by Gasteiger charge is 2.18. The van der Waals surface area contributed by atoms with Crippen molar-refractivity contribution in [2.24, 2.45) is 5.73 Å². The predicted molar refractivity (Wildman–Crippen MR) is 53.1 cm³/mol. The van der Waals surface area contributed by atoms with Gasteiger partial charge in [-0.15, -0.1) is 0 Å². The zero-order valence-corrected chi connectivity index (χ0v) is 7.91. The van der Waals surface area contributed by atoms with Crippen LogP contribution in [0.3, 0.4) is 0 Å². The first kappa shape index (κ1) is 11.6. The second-order valence-corrected chi connectivity index (χ2v) is 3.14. The zero-order chi connectivity index (χ0) is 11.4. The van der Waals surface area contributed by atoms with Crippen LogP contribution in [0, 0.1) is 10.1 Å². The molecule has 15 heavy (non-hydrogen) atoms. The van der Waals surface area contributed by atoms with Crippen LogP contribution in [-0.4, -0.2) is 27.8 Å². The Morgan fingerprint density at radius 1 is 1.53 bits per heavy atom. The molecule has 0 aliphatic heterocycles. The van der Waals surface area contributed by atoms with Crippen LogP contribution in [0.1, 0.15) is 11.7 Å². The summed E-state index contributed by atoms with van der Waals surface area (Å²) in [5.41, 5.74) is 5.62. The molecule has 0 radical (unpaired) electrons. The van der Waals surface area contributed by atoms with E-state index in [9.17, 15) is 15.2 Å². The van der Waals surface area contributed by atoms with Crippen molar-refractivity contribution in [3.63, 3.8) is 0 Å². The SMILES string of the molecule is N[C@@H](CO)[C@@H](O)c1cccc([N+](=O)[O-])c1. The molecule has 82 valence electrons. The zero-order valence-electron chi connectivity index (χ0n) is 7.91. The Bertz CT molecular complexity index is 356. The van der Waals surface area contributed by atoms with E-state index >= 15 is 0 Å². The van der Waals surface area contributed by atoms with E-state index in [4.69, 9.17) is 10.8 Å². The highest BCUT2D eigenvalue weighted by molar-refractivity contribution is 5.35. The van der Waals surface area contributed by atoms with Gasteiger partial charge in [-0.25, -0.2) is 0 Å². The molecule has 6 nitrogen and oxygen atoms in total. The maximum atomic E-state index is 10.5. The first-order valence-corrected chi connectivity index (χ1v) is 4.35. The van der Waals surface area contributed by atoms with Crippen molar-refractivity contribution >= 4 is 5.69 Å². The van der Waals surface area contributed by atoms with Crippen molar-refractivity contribution in [2.75, 3.05) is 6.61 Å². The summed E-state index contributed by atoms with van der Waals surface area (Å²) in [6.45, 7) is -0.385. The molecular weight excluding hydrogens is 200 g/mol. The van der Waals surface area contributed by atoms with Crippen molar-refractivity contribution in [3.8, 4) is 0 Å². The molecule has 0 spiro atoms. The number of nitrogens with two attached hydrogens (primary N) is 1. The fourth-order valence-electron chi connectivity index (χ4n) is 1.17. The molecule has 1 aromatic rings. The smallest absolute Gasteiger partial charge is 0.269 e. The minimum atomic E-state index is -1.10. The topological polar surface area (TPSA) is 110 Å². The maximum Gasteiger partial charge on any atom is 0.269 e. The third kappa shape index (κ3) is 2.72. The number of benzene rings is 1. The van der Waals surface area contributed by atoms with Gasteiger partial charge >= 0.3 is 0 Å². The van der Waals surface area contributed by atoms with Gasteiger partial charge in [0.25, 0.3) is 5.69 Å². The van der Waals surface area contributed by atoms with Gasteiger partial charge in [-0.05, 0) is 5.56 Å². The van der Waals surface area contributed by atoms with Crippen LogP contribution in [0.2, 0.25) is 0 Å². The molecule has 0 bridgehead atoms. The van der Waals surface area contributed by atoms with Crippen molar-refractivity contribution in [2.45, 2.75) is 12.1 Å². The van der Waals surface area contributed by atoms with Gasteiger partial charge in [0.1, 0.15) is 0 Å². The van der Waals surface area contributed by atoms with Crippen LogP contribution in [-0.2, 0) is 0 Å². The molecule has 0 saturated carbocycles. The minimum Gasteiger partial charge on any atom is -0.395 e. The van der Waals surface area contributed by atoms with E-state index < -0.39 is 17.1 Å². The molecule has 0 aliphatic carbocycles. The number of nitrogens with zero attached hydrogens (tertiary/aromatic N) is 1. The monoisotopic (exact) mass is 212 g/mol. The Kier molecular flexibility index (Phi) is 3.73. The summed E-state index contributed by atoms with van der Waals surface area (Å²) in [4.78, 5) is 9.90. The second kappa shape index (κ2) is 4.83. The van der Waals surface area contributed by atoms with E-state index in [1.54, 1.807) is 0 Å². The Balaban J connectivity index is 2.94. The molecule has 4 N–H and O–H groups in total. The predicted octanol–water partition coefficient (Wildman–Crippen LogP) is -0.0522. The Morgan fingerprint density at radius 2 is 2.20 bits per heavy atom. The highest BCUT2D eigenvalue weighted by Crippen LogP contribution is 2.20. The van der Waals surface area contributed by atoms with Crippen LogP contribution in [0.15, 0.2) is 24.3 Å². The lowest BCUT2D eigenvalue weighted by Gasteiger charge is -2.16. The highest BCUT2D eigenvalue weighted by atomic mass is 16.6.